The lowest BCUT2D eigenvalue weighted by Crippen LogP contribution is -2.05. The number of pyridine rings is 2. The van der Waals surface area contributed by atoms with Gasteiger partial charge in [0.1, 0.15) is 5.82 Å². The van der Waals surface area contributed by atoms with Crippen LogP contribution >= 0.6 is 0 Å². The van der Waals surface area contributed by atoms with Crippen molar-refractivity contribution >= 4 is 17.5 Å². The minimum Gasteiger partial charge on any atom is -0.478 e. The third kappa shape index (κ3) is 3.56. The molecule has 2 aromatic rings. The smallest absolute Gasteiger partial charge is 0.335 e. The predicted molar refractivity (Wildman–Crippen MR) is 82.3 cm³/mol. The van der Waals surface area contributed by atoms with Crippen LogP contribution in [0.1, 0.15) is 47.2 Å². The summed E-state index contributed by atoms with van der Waals surface area (Å²) >= 11 is 0. The van der Waals surface area contributed by atoms with Crippen LogP contribution in [0.3, 0.4) is 0 Å². The summed E-state index contributed by atoms with van der Waals surface area (Å²) in [6.07, 6.45) is 0. The van der Waals surface area contributed by atoms with E-state index in [-0.39, 0.29) is 11.5 Å². The van der Waals surface area contributed by atoms with Crippen molar-refractivity contribution in [1.82, 2.24) is 9.97 Å². The van der Waals surface area contributed by atoms with Crippen LogP contribution in [-0.2, 0) is 0 Å². The number of hydrogen-bond donors (Lipinski definition) is 2. The predicted octanol–water partition coefficient (Wildman–Crippen LogP) is 3.66. The molecular weight excluding hydrogens is 266 g/mol. The first-order chi connectivity index (χ1) is 9.86. The minimum atomic E-state index is -0.957. The van der Waals surface area contributed by atoms with Crippen molar-refractivity contribution in [3.05, 3.63) is 46.9 Å². The molecule has 5 heteroatoms. The van der Waals surface area contributed by atoms with Gasteiger partial charge in [-0.1, -0.05) is 13.8 Å². The van der Waals surface area contributed by atoms with Gasteiger partial charge in [0, 0.05) is 11.4 Å². The summed E-state index contributed by atoms with van der Waals surface area (Å²) in [6.45, 7) is 7.80. The maximum atomic E-state index is 11.2. The van der Waals surface area contributed by atoms with Gasteiger partial charge in [0.2, 0.25) is 0 Å². The zero-order valence-corrected chi connectivity index (χ0v) is 12.6. The van der Waals surface area contributed by atoms with E-state index in [2.05, 4.69) is 15.3 Å². The molecule has 0 aliphatic heterocycles. The highest BCUT2D eigenvalue weighted by atomic mass is 16.4. The number of carboxylic acids is 1. The molecule has 0 radical (unpaired) electrons. The molecule has 0 unspecified atom stereocenters. The molecule has 0 saturated heterocycles. The molecule has 0 saturated carbocycles. The number of aromatic carboxylic acids is 1. The number of carbonyl (C=O) groups is 1. The number of aryl methyl sites for hydroxylation is 2. The van der Waals surface area contributed by atoms with Crippen molar-refractivity contribution in [1.29, 1.82) is 0 Å². The molecule has 21 heavy (non-hydrogen) atoms. The highest BCUT2D eigenvalue weighted by Crippen LogP contribution is 2.22. The number of hydrogen-bond acceptors (Lipinski definition) is 4. The molecule has 2 N–H and O–H groups in total. The van der Waals surface area contributed by atoms with E-state index in [9.17, 15) is 9.90 Å². The number of rotatable bonds is 4. The SMILES string of the molecule is Cc1ccc(Nc2cc(C(=O)O)cc(C(C)C)n2)c(C)n1. The van der Waals surface area contributed by atoms with Crippen LogP contribution in [0.15, 0.2) is 24.3 Å². The fourth-order valence-electron chi connectivity index (χ4n) is 1.99. The summed E-state index contributed by atoms with van der Waals surface area (Å²) in [5, 5.41) is 12.4. The van der Waals surface area contributed by atoms with Crippen molar-refractivity contribution in [2.45, 2.75) is 33.6 Å². The van der Waals surface area contributed by atoms with Crippen LogP contribution in [0.4, 0.5) is 11.5 Å². The number of anilines is 2. The fourth-order valence-corrected chi connectivity index (χ4v) is 1.99. The average Bonchev–Trinajstić information content (AvgIpc) is 2.41. The Morgan fingerprint density at radius 1 is 1.19 bits per heavy atom. The molecular formula is C16H19N3O2. The highest BCUT2D eigenvalue weighted by molar-refractivity contribution is 5.89. The molecule has 0 atom stereocenters. The van der Waals surface area contributed by atoms with Crippen molar-refractivity contribution in [3.63, 3.8) is 0 Å². The average molecular weight is 285 g/mol. The number of aromatic nitrogens is 2. The molecule has 5 nitrogen and oxygen atoms in total. The number of nitrogens with one attached hydrogen (secondary N) is 1. The lowest BCUT2D eigenvalue weighted by atomic mass is 10.1. The third-order valence-corrected chi connectivity index (χ3v) is 3.17. The van der Waals surface area contributed by atoms with Crippen LogP contribution in [0, 0.1) is 13.8 Å². The summed E-state index contributed by atoms with van der Waals surface area (Å²) in [5.74, 6) is -0.282. The van der Waals surface area contributed by atoms with Crippen molar-refractivity contribution in [2.75, 3.05) is 5.32 Å². The molecule has 0 aliphatic rings. The minimum absolute atomic E-state index is 0.155. The number of nitrogens with zero attached hydrogens (tertiary/aromatic N) is 2. The Balaban J connectivity index is 2.41. The molecule has 0 aliphatic carbocycles. The molecule has 2 rings (SSSR count). The van der Waals surface area contributed by atoms with E-state index in [1.54, 1.807) is 6.07 Å². The molecule has 0 spiro atoms. The first-order valence-corrected chi connectivity index (χ1v) is 6.83. The Hall–Kier alpha value is -2.43. The van der Waals surface area contributed by atoms with Gasteiger partial charge in [-0.3, -0.25) is 4.98 Å². The van der Waals surface area contributed by atoms with Crippen LogP contribution in [0.2, 0.25) is 0 Å². The van der Waals surface area contributed by atoms with Gasteiger partial charge in [0.15, 0.2) is 0 Å². The van der Waals surface area contributed by atoms with E-state index < -0.39 is 5.97 Å². The largest absolute Gasteiger partial charge is 0.478 e. The van der Waals surface area contributed by atoms with E-state index in [1.165, 1.54) is 6.07 Å². The quantitative estimate of drug-likeness (QED) is 0.896. The Bertz CT molecular complexity index is 681. The zero-order chi connectivity index (χ0) is 15.6. The monoisotopic (exact) mass is 285 g/mol. The lowest BCUT2D eigenvalue weighted by Gasteiger charge is -2.12. The van der Waals surface area contributed by atoms with Gasteiger partial charge >= 0.3 is 5.97 Å². The van der Waals surface area contributed by atoms with Gasteiger partial charge in [-0.25, -0.2) is 9.78 Å². The molecule has 0 aromatic carbocycles. The Morgan fingerprint density at radius 3 is 2.48 bits per heavy atom. The van der Waals surface area contributed by atoms with Crippen LogP contribution < -0.4 is 5.32 Å². The Labute approximate surface area is 124 Å². The third-order valence-electron chi connectivity index (χ3n) is 3.17. The first kappa shape index (κ1) is 15.0. The molecule has 0 amide bonds. The van der Waals surface area contributed by atoms with Crippen molar-refractivity contribution in [3.8, 4) is 0 Å². The second kappa shape index (κ2) is 5.91. The van der Waals surface area contributed by atoms with Crippen molar-refractivity contribution < 1.29 is 9.90 Å². The second-order valence-corrected chi connectivity index (χ2v) is 5.34. The molecule has 2 aromatic heterocycles. The molecule has 0 bridgehead atoms. The standard InChI is InChI=1S/C16H19N3O2/c1-9(2)14-7-12(16(20)21)8-15(19-14)18-13-6-5-10(3)17-11(13)4/h5-9H,1-4H3,(H,18,19)(H,20,21). The topological polar surface area (TPSA) is 75.1 Å². The zero-order valence-electron chi connectivity index (χ0n) is 12.6. The summed E-state index contributed by atoms with van der Waals surface area (Å²) in [5.41, 5.74) is 3.59. The van der Waals surface area contributed by atoms with Gasteiger partial charge in [0.25, 0.3) is 0 Å². The lowest BCUT2D eigenvalue weighted by molar-refractivity contribution is 0.0696. The van der Waals surface area contributed by atoms with Crippen LogP contribution in [0.25, 0.3) is 0 Å². The first-order valence-electron chi connectivity index (χ1n) is 6.83. The number of carboxylic acid groups (broad SMARTS) is 1. The highest BCUT2D eigenvalue weighted by Gasteiger charge is 2.11. The van der Waals surface area contributed by atoms with Crippen LogP contribution in [0.5, 0.6) is 0 Å². The van der Waals surface area contributed by atoms with E-state index in [1.807, 2.05) is 39.8 Å². The van der Waals surface area contributed by atoms with E-state index >= 15 is 0 Å². The van der Waals surface area contributed by atoms with Gasteiger partial charge in [-0.2, -0.15) is 0 Å². The normalized spacial score (nSPS) is 10.7. The van der Waals surface area contributed by atoms with Crippen LogP contribution in [-0.4, -0.2) is 21.0 Å². The Morgan fingerprint density at radius 2 is 1.90 bits per heavy atom. The fraction of sp³-hybridized carbons (Fsp3) is 0.312. The van der Waals surface area contributed by atoms with Gasteiger partial charge in [-0.15, -0.1) is 0 Å². The van der Waals surface area contributed by atoms with Gasteiger partial charge < -0.3 is 10.4 Å². The van der Waals surface area contributed by atoms with Crippen molar-refractivity contribution in [2.24, 2.45) is 0 Å². The molecule has 2 heterocycles. The summed E-state index contributed by atoms with van der Waals surface area (Å²) in [6, 6.07) is 6.97. The van der Waals surface area contributed by atoms with Gasteiger partial charge in [-0.05, 0) is 44.0 Å². The molecule has 110 valence electrons. The summed E-state index contributed by atoms with van der Waals surface area (Å²) in [7, 11) is 0. The Kier molecular flexibility index (Phi) is 4.21. The van der Waals surface area contributed by atoms with E-state index in [0.29, 0.717) is 5.82 Å². The maximum Gasteiger partial charge on any atom is 0.335 e. The summed E-state index contributed by atoms with van der Waals surface area (Å²) < 4.78 is 0. The summed E-state index contributed by atoms with van der Waals surface area (Å²) in [4.78, 5) is 20.1. The molecule has 0 fully saturated rings. The second-order valence-electron chi connectivity index (χ2n) is 5.34. The van der Waals surface area contributed by atoms with Gasteiger partial charge in [0.05, 0.1) is 16.9 Å². The maximum absolute atomic E-state index is 11.2. The van der Waals surface area contributed by atoms with E-state index in [0.717, 1.165) is 22.8 Å². The van der Waals surface area contributed by atoms with E-state index in [4.69, 9.17) is 0 Å².